The van der Waals surface area contributed by atoms with Crippen LogP contribution in [0, 0.1) is 0 Å². The van der Waals surface area contributed by atoms with Gasteiger partial charge in [0.05, 0.1) is 0 Å². The minimum absolute atomic E-state index is 0.139. The summed E-state index contributed by atoms with van der Waals surface area (Å²) < 4.78 is 0. The van der Waals surface area contributed by atoms with Crippen molar-refractivity contribution in [3.8, 4) is 0 Å². The van der Waals surface area contributed by atoms with E-state index in [0.29, 0.717) is 0 Å². The van der Waals surface area contributed by atoms with Crippen molar-refractivity contribution in [1.82, 2.24) is 0 Å². The summed E-state index contributed by atoms with van der Waals surface area (Å²) >= 11 is 0. The van der Waals surface area contributed by atoms with Crippen molar-refractivity contribution in [1.29, 1.82) is 0 Å². The lowest BCUT2D eigenvalue weighted by Gasteiger charge is -1.81. The molecule has 0 aromatic carbocycles. The van der Waals surface area contributed by atoms with Crippen molar-refractivity contribution < 1.29 is 9.90 Å². The van der Waals surface area contributed by atoms with Crippen LogP contribution >= 0.6 is 0 Å². The highest BCUT2D eigenvalue weighted by Gasteiger charge is 1.90. The van der Waals surface area contributed by atoms with Crippen LogP contribution in [0.4, 0.5) is 0 Å². The Morgan fingerprint density at radius 3 is 2.71 bits per heavy atom. The second kappa shape index (κ2) is 3.14. The zero-order chi connectivity index (χ0) is 5.70. The Hall–Kier alpha value is -1.06. The lowest BCUT2D eigenvalue weighted by Crippen LogP contribution is -2.00. The van der Waals surface area contributed by atoms with Crippen molar-refractivity contribution in [3.05, 3.63) is 10.4 Å². The molecule has 0 fully saturated rings. The zero-order valence-electron chi connectivity index (χ0n) is 3.35. The van der Waals surface area contributed by atoms with Gasteiger partial charge in [-0.1, -0.05) is 5.11 Å². The number of nitrogens with zero attached hydrogens (tertiary/aromatic N) is 3. The van der Waals surface area contributed by atoms with E-state index in [-0.39, 0.29) is 6.29 Å². The minimum atomic E-state index is -1.52. The molecule has 1 N–H and O–H groups in total. The van der Waals surface area contributed by atoms with E-state index in [9.17, 15) is 4.79 Å². The molecule has 0 spiro atoms. The van der Waals surface area contributed by atoms with Crippen LogP contribution in [-0.4, -0.2) is 17.6 Å². The first-order valence-corrected chi connectivity index (χ1v) is 1.49. The number of hydrogen-bond acceptors (Lipinski definition) is 3. The smallest absolute Gasteiger partial charge is 0.188 e. The van der Waals surface area contributed by atoms with Crippen molar-refractivity contribution in [2.45, 2.75) is 6.23 Å². The van der Waals surface area contributed by atoms with Crippen molar-refractivity contribution in [2.24, 2.45) is 5.11 Å². The van der Waals surface area contributed by atoms with Crippen LogP contribution in [0.1, 0.15) is 0 Å². The van der Waals surface area contributed by atoms with Gasteiger partial charge >= 0.3 is 0 Å². The molecule has 1 atom stereocenters. The molecule has 0 bridgehead atoms. The third kappa shape index (κ3) is 2.75. The molecule has 1 unspecified atom stereocenters. The van der Waals surface area contributed by atoms with Crippen LogP contribution in [0.2, 0.25) is 0 Å². The van der Waals surface area contributed by atoms with E-state index in [1.54, 1.807) is 0 Å². The molecule has 0 saturated carbocycles. The molecule has 0 rings (SSSR count). The lowest BCUT2D eigenvalue weighted by atomic mass is 10.7. The Morgan fingerprint density at radius 2 is 2.57 bits per heavy atom. The average Bonchev–Trinajstić information content (AvgIpc) is 1.68. The third-order valence-electron chi connectivity index (χ3n) is 0.292. The lowest BCUT2D eigenvalue weighted by molar-refractivity contribution is -0.114. The number of carbonyl (C=O) groups is 1. The van der Waals surface area contributed by atoms with Crippen molar-refractivity contribution in [3.63, 3.8) is 0 Å². The summed E-state index contributed by atoms with van der Waals surface area (Å²) in [6.45, 7) is 0. The fraction of sp³-hybridized carbons (Fsp3) is 0.500. The largest absolute Gasteiger partial charge is 0.380 e. The van der Waals surface area contributed by atoms with Gasteiger partial charge in [0.25, 0.3) is 0 Å². The molecule has 0 amide bonds. The summed E-state index contributed by atoms with van der Waals surface area (Å²) in [7, 11) is 0. The molecule has 5 nitrogen and oxygen atoms in total. The highest BCUT2D eigenvalue weighted by Crippen LogP contribution is 1.75. The number of aliphatic hydroxyl groups is 1. The van der Waals surface area contributed by atoms with Crippen LogP contribution in [0.15, 0.2) is 5.11 Å². The number of azide groups is 1. The monoisotopic (exact) mass is 101 g/mol. The molecule has 7 heavy (non-hydrogen) atoms. The highest BCUT2D eigenvalue weighted by molar-refractivity contribution is 5.54. The quantitative estimate of drug-likeness (QED) is 0.226. The Balaban J connectivity index is 3.56. The fourth-order valence-electron chi connectivity index (χ4n) is 0.0801. The van der Waals surface area contributed by atoms with Crippen LogP contribution in [0.5, 0.6) is 0 Å². The second-order valence-corrected chi connectivity index (χ2v) is 0.755. The maximum atomic E-state index is 9.38. The third-order valence-corrected chi connectivity index (χ3v) is 0.292. The van der Waals surface area contributed by atoms with Crippen LogP contribution in [-0.2, 0) is 4.79 Å². The van der Waals surface area contributed by atoms with Gasteiger partial charge in [0, 0.05) is 4.91 Å². The van der Waals surface area contributed by atoms with Gasteiger partial charge in [-0.3, -0.25) is 0 Å². The summed E-state index contributed by atoms with van der Waals surface area (Å²) in [5.41, 5.74) is 7.51. The Kier molecular flexibility index (Phi) is 2.67. The maximum Gasteiger partial charge on any atom is 0.188 e. The van der Waals surface area contributed by atoms with Gasteiger partial charge < -0.3 is 9.90 Å². The SMILES string of the molecule is [N-]=[N+]=NC(O)C=O. The molecule has 0 aromatic rings. The Morgan fingerprint density at radius 1 is 2.00 bits per heavy atom. The zero-order valence-corrected chi connectivity index (χ0v) is 3.35. The summed E-state index contributed by atoms with van der Waals surface area (Å²) in [5, 5.41) is 10.7. The summed E-state index contributed by atoms with van der Waals surface area (Å²) in [6.07, 6.45) is -1.38. The van der Waals surface area contributed by atoms with Gasteiger partial charge in [-0.15, -0.1) is 0 Å². The van der Waals surface area contributed by atoms with E-state index < -0.39 is 6.23 Å². The van der Waals surface area contributed by atoms with Gasteiger partial charge in [0.2, 0.25) is 0 Å². The van der Waals surface area contributed by atoms with Crippen LogP contribution in [0.25, 0.3) is 10.4 Å². The number of aldehydes is 1. The van der Waals surface area contributed by atoms with Crippen LogP contribution < -0.4 is 0 Å². The molecular weight excluding hydrogens is 98.0 g/mol. The first-order chi connectivity index (χ1) is 3.31. The average molecular weight is 101 g/mol. The number of carbonyl (C=O) groups excluding carboxylic acids is 1. The Labute approximate surface area is 39.2 Å². The molecule has 38 valence electrons. The van der Waals surface area contributed by atoms with E-state index in [1.807, 2.05) is 0 Å². The predicted octanol–water partition coefficient (Wildman–Crippen LogP) is -0.186. The van der Waals surface area contributed by atoms with E-state index >= 15 is 0 Å². The van der Waals surface area contributed by atoms with Crippen molar-refractivity contribution >= 4 is 6.29 Å². The fourth-order valence-corrected chi connectivity index (χ4v) is 0.0801. The molecule has 5 heteroatoms. The number of rotatable bonds is 2. The number of aliphatic hydroxyl groups excluding tert-OH is 1. The second-order valence-electron chi connectivity index (χ2n) is 0.755. The predicted molar refractivity (Wildman–Crippen MR) is 21.2 cm³/mol. The van der Waals surface area contributed by atoms with E-state index in [2.05, 4.69) is 10.0 Å². The summed E-state index contributed by atoms with van der Waals surface area (Å²) in [5.74, 6) is 0. The Bertz CT molecular complexity index is 106. The van der Waals surface area contributed by atoms with Gasteiger partial charge in [0.15, 0.2) is 12.5 Å². The molecule has 0 aliphatic carbocycles. The topological polar surface area (TPSA) is 86.1 Å². The maximum absolute atomic E-state index is 9.38. The highest BCUT2D eigenvalue weighted by atomic mass is 16.3. The van der Waals surface area contributed by atoms with E-state index in [0.717, 1.165) is 0 Å². The van der Waals surface area contributed by atoms with Crippen LogP contribution in [0.3, 0.4) is 0 Å². The number of hydrogen-bond donors (Lipinski definition) is 1. The molecule has 0 saturated heterocycles. The van der Waals surface area contributed by atoms with Gasteiger partial charge in [-0.2, -0.15) is 0 Å². The van der Waals surface area contributed by atoms with E-state index in [1.165, 1.54) is 0 Å². The standard InChI is InChI=1S/C2H3N3O2/c3-5-4-2(7)1-6/h1-2,7H. The molecular formula is C2H3N3O2. The summed E-state index contributed by atoms with van der Waals surface area (Å²) in [4.78, 5) is 11.5. The molecule has 0 radical (unpaired) electrons. The minimum Gasteiger partial charge on any atom is -0.380 e. The molecule has 0 aliphatic heterocycles. The normalized spacial score (nSPS) is 11.6. The first kappa shape index (κ1) is 5.94. The van der Waals surface area contributed by atoms with Crippen molar-refractivity contribution in [2.75, 3.05) is 0 Å². The molecule has 0 heterocycles. The van der Waals surface area contributed by atoms with E-state index in [4.69, 9.17) is 10.6 Å². The first-order valence-electron chi connectivity index (χ1n) is 1.49. The van der Waals surface area contributed by atoms with Gasteiger partial charge in [-0.25, -0.2) is 0 Å². The molecule has 0 aromatic heterocycles. The molecule has 0 aliphatic rings. The summed E-state index contributed by atoms with van der Waals surface area (Å²) in [6, 6.07) is 0. The van der Waals surface area contributed by atoms with Gasteiger partial charge in [-0.05, 0) is 5.53 Å². The van der Waals surface area contributed by atoms with Gasteiger partial charge in [0.1, 0.15) is 0 Å².